The lowest BCUT2D eigenvalue weighted by Crippen LogP contribution is -2.51. The largest absolute Gasteiger partial charge is 0.381 e. The predicted molar refractivity (Wildman–Crippen MR) is 126 cm³/mol. The molecule has 0 bridgehead atoms. The zero-order valence-electron chi connectivity index (χ0n) is 20.0. The molecule has 174 valence electrons. The molecule has 5 rings (SSSR count). The van der Waals surface area contributed by atoms with Crippen LogP contribution < -0.4 is 0 Å². The van der Waals surface area contributed by atoms with E-state index >= 15 is 0 Å². The van der Waals surface area contributed by atoms with Crippen molar-refractivity contribution < 1.29 is 13.9 Å². The number of ether oxygens (including phenoxy) is 1. The molecule has 1 aromatic carbocycles. The number of methoxy groups -OCH3 is 1. The highest BCUT2D eigenvalue weighted by Crippen LogP contribution is 2.66. The Bertz CT molecular complexity index is 889. The third kappa shape index (κ3) is 3.59. The zero-order valence-corrected chi connectivity index (χ0v) is 20.0. The molecular formula is C29H39FO2. The molecule has 0 aromatic heterocycles. The number of fused-ring (bicyclic) bond motifs is 5. The average Bonchev–Trinajstić information content (AvgIpc) is 3.15. The SMILES string of the molecule is CO[C@H]1CC[C@@]2(C)C(=CC[C@H]3[C@@H]4CC[C@H](C(=O)CCc5ccc(F)cc5)[C@@]4(C)CC[C@@H]32)C1. The van der Waals surface area contributed by atoms with Gasteiger partial charge in [0.05, 0.1) is 6.10 Å². The molecule has 0 heterocycles. The molecule has 0 radical (unpaired) electrons. The summed E-state index contributed by atoms with van der Waals surface area (Å²) in [6, 6.07) is 6.63. The quantitative estimate of drug-likeness (QED) is 0.466. The highest BCUT2D eigenvalue weighted by molar-refractivity contribution is 5.82. The maximum atomic E-state index is 13.4. The van der Waals surface area contributed by atoms with Crippen LogP contribution in [0, 0.1) is 40.3 Å². The lowest BCUT2D eigenvalue weighted by Gasteiger charge is -2.58. The summed E-state index contributed by atoms with van der Waals surface area (Å²) in [6.07, 6.45) is 13.8. The average molecular weight is 439 g/mol. The number of aryl methyl sites for hydroxylation is 1. The molecule has 0 unspecified atom stereocenters. The van der Waals surface area contributed by atoms with Crippen LogP contribution in [0.1, 0.15) is 77.2 Å². The van der Waals surface area contributed by atoms with Gasteiger partial charge < -0.3 is 4.74 Å². The third-order valence-corrected chi connectivity index (χ3v) is 10.4. The van der Waals surface area contributed by atoms with Gasteiger partial charge in [0.15, 0.2) is 0 Å². The standard InChI is InChI=1S/C29H39FO2/c1-28-16-14-22(32-3)18-20(28)7-10-23-24-11-12-26(29(24,2)17-15-25(23)28)27(31)13-6-19-4-8-21(30)9-5-19/h4-5,7-9,22-26H,6,10-18H2,1-3H3/t22-,23-,24-,25-,26+,28-,29-/m0/s1. The van der Waals surface area contributed by atoms with E-state index in [1.54, 1.807) is 5.57 Å². The van der Waals surface area contributed by atoms with Crippen LogP contribution in [0.2, 0.25) is 0 Å². The van der Waals surface area contributed by atoms with Gasteiger partial charge >= 0.3 is 0 Å². The smallest absolute Gasteiger partial charge is 0.136 e. The van der Waals surface area contributed by atoms with Crippen LogP contribution in [-0.4, -0.2) is 19.0 Å². The molecule has 0 amide bonds. The first-order valence-corrected chi connectivity index (χ1v) is 12.8. The van der Waals surface area contributed by atoms with Crippen molar-refractivity contribution in [2.45, 2.75) is 84.2 Å². The van der Waals surface area contributed by atoms with E-state index in [0.717, 1.165) is 36.7 Å². The van der Waals surface area contributed by atoms with Crippen LogP contribution in [-0.2, 0) is 16.0 Å². The van der Waals surface area contributed by atoms with Crippen LogP contribution in [0.15, 0.2) is 35.9 Å². The first-order chi connectivity index (χ1) is 15.3. The molecule has 3 heteroatoms. The van der Waals surface area contributed by atoms with Crippen molar-refractivity contribution in [3.8, 4) is 0 Å². The van der Waals surface area contributed by atoms with E-state index in [9.17, 15) is 9.18 Å². The van der Waals surface area contributed by atoms with Crippen LogP contribution in [0.5, 0.6) is 0 Å². The van der Waals surface area contributed by atoms with Crippen molar-refractivity contribution in [2.75, 3.05) is 7.11 Å². The summed E-state index contributed by atoms with van der Waals surface area (Å²) in [5, 5.41) is 0. The number of carbonyl (C=O) groups excluding carboxylic acids is 1. The van der Waals surface area contributed by atoms with Crippen molar-refractivity contribution in [1.29, 1.82) is 0 Å². The first-order valence-electron chi connectivity index (χ1n) is 12.8. The maximum Gasteiger partial charge on any atom is 0.136 e. The lowest BCUT2D eigenvalue weighted by molar-refractivity contribution is -0.129. The van der Waals surface area contributed by atoms with Gasteiger partial charge in [-0.2, -0.15) is 0 Å². The summed E-state index contributed by atoms with van der Waals surface area (Å²) in [6.45, 7) is 4.97. The fourth-order valence-corrected chi connectivity index (χ4v) is 8.45. The van der Waals surface area contributed by atoms with Gasteiger partial charge in [-0.05, 0) is 104 Å². The summed E-state index contributed by atoms with van der Waals surface area (Å²) >= 11 is 0. The van der Waals surface area contributed by atoms with E-state index in [2.05, 4.69) is 19.9 Å². The summed E-state index contributed by atoms with van der Waals surface area (Å²) in [5.41, 5.74) is 3.22. The van der Waals surface area contributed by atoms with Gasteiger partial charge in [0.25, 0.3) is 0 Å². The van der Waals surface area contributed by atoms with Gasteiger partial charge in [-0.1, -0.05) is 37.6 Å². The van der Waals surface area contributed by atoms with Crippen molar-refractivity contribution in [3.63, 3.8) is 0 Å². The summed E-state index contributed by atoms with van der Waals surface area (Å²) in [5.74, 6) is 2.61. The second-order valence-corrected chi connectivity index (χ2v) is 11.6. The zero-order chi connectivity index (χ0) is 22.5. The lowest BCUT2D eigenvalue weighted by atomic mass is 9.47. The third-order valence-electron chi connectivity index (χ3n) is 10.4. The molecule has 3 fully saturated rings. The molecule has 2 nitrogen and oxygen atoms in total. The fraction of sp³-hybridized carbons (Fsp3) is 0.690. The Morgan fingerprint density at radius 3 is 2.59 bits per heavy atom. The van der Waals surface area contributed by atoms with Gasteiger partial charge in [0, 0.05) is 19.4 Å². The van der Waals surface area contributed by atoms with Gasteiger partial charge in [0.1, 0.15) is 11.6 Å². The predicted octanol–water partition coefficient (Wildman–Crippen LogP) is 6.92. The Kier molecular flexibility index (Phi) is 5.85. The van der Waals surface area contributed by atoms with Crippen molar-refractivity contribution in [2.24, 2.45) is 34.5 Å². The van der Waals surface area contributed by atoms with E-state index in [-0.39, 0.29) is 17.2 Å². The van der Waals surface area contributed by atoms with Gasteiger partial charge in [-0.3, -0.25) is 4.79 Å². The molecule has 4 aliphatic rings. The number of allylic oxidation sites excluding steroid dienone is 1. The van der Waals surface area contributed by atoms with Crippen molar-refractivity contribution >= 4 is 5.78 Å². The Balaban J connectivity index is 1.30. The van der Waals surface area contributed by atoms with Crippen molar-refractivity contribution in [3.05, 3.63) is 47.3 Å². The van der Waals surface area contributed by atoms with E-state index < -0.39 is 0 Å². The number of rotatable bonds is 5. The van der Waals surface area contributed by atoms with E-state index in [1.165, 1.54) is 50.7 Å². The number of carbonyl (C=O) groups is 1. The highest BCUT2D eigenvalue weighted by Gasteiger charge is 2.59. The first kappa shape index (κ1) is 22.3. The van der Waals surface area contributed by atoms with E-state index in [4.69, 9.17) is 4.74 Å². The molecule has 32 heavy (non-hydrogen) atoms. The topological polar surface area (TPSA) is 26.3 Å². The highest BCUT2D eigenvalue weighted by atomic mass is 19.1. The summed E-state index contributed by atoms with van der Waals surface area (Å²) in [4.78, 5) is 13.4. The van der Waals surface area contributed by atoms with E-state index in [0.29, 0.717) is 29.6 Å². The van der Waals surface area contributed by atoms with Crippen LogP contribution in [0.3, 0.4) is 0 Å². The number of benzene rings is 1. The molecule has 0 N–H and O–H groups in total. The Morgan fingerprint density at radius 2 is 1.84 bits per heavy atom. The Morgan fingerprint density at radius 1 is 1.06 bits per heavy atom. The summed E-state index contributed by atoms with van der Waals surface area (Å²) in [7, 11) is 1.86. The fourth-order valence-electron chi connectivity index (χ4n) is 8.45. The monoisotopic (exact) mass is 438 g/mol. The normalized spacial score (nSPS) is 40.8. The maximum absolute atomic E-state index is 13.4. The van der Waals surface area contributed by atoms with Crippen LogP contribution >= 0.6 is 0 Å². The Labute approximate surface area is 193 Å². The van der Waals surface area contributed by atoms with Gasteiger partial charge in [0.2, 0.25) is 0 Å². The molecule has 1 aromatic rings. The second kappa shape index (κ2) is 8.38. The Hall–Kier alpha value is -1.48. The van der Waals surface area contributed by atoms with Crippen LogP contribution in [0.25, 0.3) is 0 Å². The minimum atomic E-state index is -0.211. The molecule has 7 atom stereocenters. The van der Waals surface area contributed by atoms with E-state index in [1.807, 2.05) is 19.2 Å². The molecular weight excluding hydrogens is 399 g/mol. The molecule has 3 saturated carbocycles. The van der Waals surface area contributed by atoms with Gasteiger partial charge in [-0.15, -0.1) is 0 Å². The number of halogens is 1. The van der Waals surface area contributed by atoms with Gasteiger partial charge in [-0.25, -0.2) is 4.39 Å². The minimum Gasteiger partial charge on any atom is -0.381 e. The second-order valence-electron chi connectivity index (χ2n) is 11.6. The number of Topliss-reactive ketones (excluding diaryl/α,β-unsaturated/α-hetero) is 1. The minimum absolute atomic E-state index is 0.159. The molecule has 0 spiro atoms. The molecule has 0 aliphatic heterocycles. The number of ketones is 1. The van der Waals surface area contributed by atoms with Crippen LogP contribution in [0.4, 0.5) is 4.39 Å². The number of hydrogen-bond acceptors (Lipinski definition) is 2. The molecule has 0 saturated heterocycles. The summed E-state index contributed by atoms with van der Waals surface area (Å²) < 4.78 is 18.9. The number of hydrogen-bond donors (Lipinski definition) is 0. The molecule has 4 aliphatic carbocycles. The van der Waals surface area contributed by atoms with Crippen molar-refractivity contribution in [1.82, 2.24) is 0 Å².